The maximum absolute atomic E-state index is 13.1. The summed E-state index contributed by atoms with van der Waals surface area (Å²) in [6.07, 6.45) is 4.72. The molecule has 4 heterocycles. The van der Waals surface area contributed by atoms with Crippen molar-refractivity contribution in [3.8, 4) is 5.75 Å². The molecule has 166 valence electrons. The summed E-state index contributed by atoms with van der Waals surface area (Å²) in [7, 11) is 1.58. The number of anilines is 1. The fourth-order valence-electron chi connectivity index (χ4n) is 4.97. The molecule has 2 fully saturated rings. The maximum atomic E-state index is 13.1. The normalized spacial score (nSPS) is 23.2. The number of piperidine rings is 1. The number of ether oxygens (including phenoxy) is 1. The number of carbonyl (C=O) groups excluding carboxylic acids is 3. The third kappa shape index (κ3) is 3.31. The van der Waals surface area contributed by atoms with Crippen molar-refractivity contribution in [2.24, 2.45) is 5.92 Å². The van der Waals surface area contributed by atoms with Crippen molar-refractivity contribution in [3.63, 3.8) is 0 Å². The van der Waals surface area contributed by atoms with E-state index in [2.05, 4.69) is 25.5 Å². The summed E-state index contributed by atoms with van der Waals surface area (Å²) in [6, 6.07) is 6.58. The molecule has 32 heavy (non-hydrogen) atoms. The van der Waals surface area contributed by atoms with Crippen LogP contribution in [0, 0.1) is 5.92 Å². The molecule has 1 aromatic carbocycles. The number of nitrogens with one attached hydrogen (secondary N) is 2. The average Bonchev–Trinajstić information content (AvgIpc) is 3.29. The summed E-state index contributed by atoms with van der Waals surface area (Å²) < 4.78 is 5.27. The van der Waals surface area contributed by atoms with E-state index in [1.54, 1.807) is 42.6 Å². The van der Waals surface area contributed by atoms with Crippen molar-refractivity contribution in [1.82, 2.24) is 25.5 Å². The monoisotopic (exact) mass is 436 g/mol. The molecule has 3 aliphatic rings. The number of benzene rings is 1. The maximum Gasteiger partial charge on any atom is 0.322 e. The van der Waals surface area contributed by atoms with Gasteiger partial charge in [-0.3, -0.25) is 14.9 Å². The second-order valence-corrected chi connectivity index (χ2v) is 8.37. The summed E-state index contributed by atoms with van der Waals surface area (Å²) in [5, 5.41) is 5.26. The molecule has 10 nitrogen and oxygen atoms in total. The Labute approximate surface area is 185 Å². The van der Waals surface area contributed by atoms with Crippen LogP contribution in [0.3, 0.4) is 0 Å². The third-order valence-corrected chi connectivity index (χ3v) is 6.63. The lowest BCUT2D eigenvalue weighted by molar-refractivity contribution is -0.126. The van der Waals surface area contributed by atoms with Gasteiger partial charge in [-0.05, 0) is 48.6 Å². The predicted octanol–water partition coefficient (Wildman–Crippen LogP) is 0.936. The molecule has 0 spiro atoms. The van der Waals surface area contributed by atoms with E-state index in [-0.39, 0.29) is 24.3 Å². The minimum absolute atomic E-state index is 0.118. The highest BCUT2D eigenvalue weighted by Gasteiger charge is 2.54. The van der Waals surface area contributed by atoms with Crippen molar-refractivity contribution in [1.29, 1.82) is 0 Å². The third-order valence-electron chi connectivity index (χ3n) is 6.63. The van der Waals surface area contributed by atoms with Gasteiger partial charge < -0.3 is 19.9 Å². The number of aromatic nitrogens is 2. The Morgan fingerprint density at radius 2 is 1.91 bits per heavy atom. The van der Waals surface area contributed by atoms with Gasteiger partial charge in [-0.1, -0.05) is 0 Å². The van der Waals surface area contributed by atoms with Gasteiger partial charge in [0, 0.05) is 37.6 Å². The van der Waals surface area contributed by atoms with E-state index in [0.29, 0.717) is 49.7 Å². The van der Waals surface area contributed by atoms with Crippen molar-refractivity contribution >= 4 is 23.8 Å². The molecular weight excluding hydrogens is 412 g/mol. The second kappa shape index (κ2) is 7.77. The highest BCUT2D eigenvalue weighted by atomic mass is 16.5. The van der Waals surface area contributed by atoms with Crippen LogP contribution in [0.5, 0.6) is 5.75 Å². The highest BCUT2D eigenvalue weighted by Crippen LogP contribution is 2.35. The number of hydrogen-bond donors (Lipinski definition) is 2. The number of methoxy groups -OCH3 is 1. The molecular formula is C22H24N6O4. The molecule has 0 radical (unpaired) electrons. The van der Waals surface area contributed by atoms with Gasteiger partial charge in [-0.15, -0.1) is 0 Å². The first-order valence-electron chi connectivity index (χ1n) is 10.6. The average molecular weight is 436 g/mol. The van der Waals surface area contributed by atoms with Crippen LogP contribution in [-0.2, 0) is 11.3 Å². The van der Waals surface area contributed by atoms with Crippen molar-refractivity contribution in [3.05, 3.63) is 47.8 Å². The van der Waals surface area contributed by atoms with Gasteiger partial charge in [0.15, 0.2) is 0 Å². The lowest BCUT2D eigenvalue weighted by Gasteiger charge is -2.42. The van der Waals surface area contributed by atoms with E-state index >= 15 is 0 Å². The van der Waals surface area contributed by atoms with Crippen molar-refractivity contribution < 1.29 is 19.1 Å². The van der Waals surface area contributed by atoms with Crippen LogP contribution in [0.4, 0.5) is 10.7 Å². The summed E-state index contributed by atoms with van der Waals surface area (Å²) in [4.78, 5) is 50.6. The first-order valence-corrected chi connectivity index (χ1v) is 10.6. The van der Waals surface area contributed by atoms with E-state index in [4.69, 9.17) is 4.74 Å². The molecule has 0 aliphatic carbocycles. The standard InChI is InChI=1S/C22H24N6O4/c1-32-16-3-4-17-14(11-16)12-28(18(17)29)13-22(19(30)25-21(31)26-22)15-5-9-27(10-6-15)20-23-7-2-8-24-20/h2-4,7-8,11,15H,5-6,9-10,12-13H2,1H3,(H2,25,26,30,31). The highest BCUT2D eigenvalue weighted by molar-refractivity contribution is 6.08. The van der Waals surface area contributed by atoms with E-state index in [9.17, 15) is 14.4 Å². The number of fused-ring (bicyclic) bond motifs is 1. The number of amides is 4. The van der Waals surface area contributed by atoms with Crippen LogP contribution in [0.25, 0.3) is 0 Å². The fourth-order valence-corrected chi connectivity index (χ4v) is 4.97. The molecule has 10 heteroatoms. The molecule has 2 N–H and O–H groups in total. The largest absolute Gasteiger partial charge is 0.497 e. The van der Waals surface area contributed by atoms with Crippen LogP contribution in [0.1, 0.15) is 28.8 Å². The Bertz CT molecular complexity index is 1070. The van der Waals surface area contributed by atoms with Crippen molar-refractivity contribution in [2.75, 3.05) is 31.6 Å². The van der Waals surface area contributed by atoms with Gasteiger partial charge in [0.1, 0.15) is 11.3 Å². The van der Waals surface area contributed by atoms with E-state index < -0.39 is 11.6 Å². The lowest BCUT2D eigenvalue weighted by Crippen LogP contribution is -2.62. The fraction of sp³-hybridized carbons (Fsp3) is 0.409. The minimum atomic E-state index is -1.16. The molecule has 2 saturated heterocycles. The number of rotatable bonds is 5. The molecule has 0 bridgehead atoms. The lowest BCUT2D eigenvalue weighted by atomic mass is 9.77. The predicted molar refractivity (Wildman–Crippen MR) is 114 cm³/mol. The zero-order valence-corrected chi connectivity index (χ0v) is 17.7. The Morgan fingerprint density at radius 3 is 2.56 bits per heavy atom. The van der Waals surface area contributed by atoms with Crippen LogP contribution in [-0.4, -0.2) is 65.0 Å². The summed E-state index contributed by atoms with van der Waals surface area (Å²) in [5.41, 5.74) is 0.287. The number of urea groups is 1. The zero-order valence-electron chi connectivity index (χ0n) is 17.7. The molecule has 3 aliphatic heterocycles. The van der Waals surface area contributed by atoms with E-state index in [0.717, 1.165) is 5.56 Å². The van der Waals surface area contributed by atoms with Gasteiger partial charge in [0.05, 0.1) is 13.7 Å². The smallest absolute Gasteiger partial charge is 0.322 e. The van der Waals surface area contributed by atoms with Gasteiger partial charge >= 0.3 is 6.03 Å². The van der Waals surface area contributed by atoms with E-state index in [1.165, 1.54) is 0 Å². The molecule has 1 aromatic heterocycles. The first kappa shape index (κ1) is 20.2. The van der Waals surface area contributed by atoms with Crippen LogP contribution >= 0.6 is 0 Å². The van der Waals surface area contributed by atoms with Crippen LogP contribution in [0.15, 0.2) is 36.7 Å². The molecule has 0 saturated carbocycles. The number of carbonyl (C=O) groups is 3. The molecule has 4 amide bonds. The quantitative estimate of drug-likeness (QED) is 0.670. The topological polar surface area (TPSA) is 117 Å². The molecule has 1 atom stereocenters. The van der Waals surface area contributed by atoms with Gasteiger partial charge in [-0.2, -0.15) is 0 Å². The summed E-state index contributed by atoms with van der Waals surface area (Å²) >= 11 is 0. The minimum Gasteiger partial charge on any atom is -0.497 e. The second-order valence-electron chi connectivity index (χ2n) is 8.37. The Hall–Kier alpha value is -3.69. The van der Waals surface area contributed by atoms with Crippen LogP contribution < -0.4 is 20.3 Å². The number of imide groups is 1. The van der Waals surface area contributed by atoms with Gasteiger partial charge in [0.2, 0.25) is 5.95 Å². The SMILES string of the molecule is COc1ccc2c(c1)CN(CC1(C3CCN(c4ncccn4)CC3)NC(=O)NC1=O)C2=O. The Balaban J connectivity index is 1.36. The van der Waals surface area contributed by atoms with Gasteiger partial charge in [-0.25, -0.2) is 14.8 Å². The summed E-state index contributed by atoms with van der Waals surface area (Å²) in [5.74, 6) is 0.680. The number of nitrogens with zero attached hydrogens (tertiary/aromatic N) is 4. The Morgan fingerprint density at radius 1 is 1.16 bits per heavy atom. The number of hydrogen-bond acceptors (Lipinski definition) is 7. The van der Waals surface area contributed by atoms with E-state index in [1.807, 2.05) is 6.07 Å². The van der Waals surface area contributed by atoms with Crippen LogP contribution in [0.2, 0.25) is 0 Å². The zero-order chi connectivity index (χ0) is 22.3. The van der Waals surface area contributed by atoms with Crippen molar-refractivity contribution in [2.45, 2.75) is 24.9 Å². The molecule has 2 aromatic rings. The van der Waals surface area contributed by atoms with Gasteiger partial charge in [0.25, 0.3) is 11.8 Å². The Kier molecular flexibility index (Phi) is 4.91. The summed E-state index contributed by atoms with van der Waals surface area (Å²) in [6.45, 7) is 1.80. The first-order chi connectivity index (χ1) is 15.5. The molecule has 5 rings (SSSR count). The molecule has 1 unspecified atom stereocenters.